The van der Waals surface area contributed by atoms with Crippen molar-refractivity contribution < 1.29 is 14.3 Å². The van der Waals surface area contributed by atoms with Gasteiger partial charge in [0.1, 0.15) is 11.7 Å². The van der Waals surface area contributed by atoms with Crippen LogP contribution in [0.3, 0.4) is 0 Å². The summed E-state index contributed by atoms with van der Waals surface area (Å²) < 4.78 is 12.1. The van der Waals surface area contributed by atoms with Gasteiger partial charge in [0.2, 0.25) is 0 Å². The highest BCUT2D eigenvalue weighted by atomic mass is 16.6. The SMILES string of the molecule is CN1CC(COC(c2ccccc2)(c2ccccc2)c2ccccc2)OC1=O. The second kappa shape index (κ2) is 7.87. The third-order valence-corrected chi connectivity index (χ3v) is 5.08. The van der Waals surface area contributed by atoms with Gasteiger partial charge in [-0.3, -0.25) is 0 Å². The van der Waals surface area contributed by atoms with Gasteiger partial charge in [-0.05, 0) is 16.7 Å². The number of rotatable bonds is 6. The fourth-order valence-corrected chi connectivity index (χ4v) is 3.72. The summed E-state index contributed by atoms with van der Waals surface area (Å²) in [6, 6.07) is 30.6. The number of carbonyl (C=O) groups is 1. The van der Waals surface area contributed by atoms with Crippen LogP contribution in [-0.4, -0.2) is 37.3 Å². The summed E-state index contributed by atoms with van der Waals surface area (Å²) in [6.45, 7) is 0.821. The number of nitrogens with zero attached hydrogens (tertiary/aromatic N) is 1. The van der Waals surface area contributed by atoms with Crippen molar-refractivity contribution in [3.63, 3.8) is 0 Å². The quantitative estimate of drug-likeness (QED) is 0.600. The molecule has 1 amide bonds. The fraction of sp³-hybridized carbons (Fsp3) is 0.208. The van der Waals surface area contributed by atoms with E-state index in [0.717, 1.165) is 16.7 Å². The van der Waals surface area contributed by atoms with E-state index >= 15 is 0 Å². The zero-order valence-electron chi connectivity index (χ0n) is 15.8. The third-order valence-electron chi connectivity index (χ3n) is 5.08. The first-order chi connectivity index (χ1) is 13.7. The molecule has 0 spiro atoms. The second-order valence-corrected chi connectivity index (χ2v) is 6.98. The molecule has 0 bridgehead atoms. The van der Waals surface area contributed by atoms with E-state index < -0.39 is 5.60 Å². The predicted molar refractivity (Wildman–Crippen MR) is 108 cm³/mol. The molecule has 3 aromatic rings. The van der Waals surface area contributed by atoms with Crippen LogP contribution in [0.25, 0.3) is 0 Å². The monoisotopic (exact) mass is 373 g/mol. The van der Waals surface area contributed by atoms with Crippen LogP contribution < -0.4 is 0 Å². The lowest BCUT2D eigenvalue weighted by atomic mass is 9.80. The van der Waals surface area contributed by atoms with Gasteiger partial charge in [-0.25, -0.2) is 4.79 Å². The van der Waals surface area contributed by atoms with Gasteiger partial charge in [-0.15, -0.1) is 0 Å². The minimum absolute atomic E-state index is 0.298. The molecule has 1 aliphatic heterocycles. The number of carbonyl (C=O) groups excluding carboxylic acids is 1. The third kappa shape index (κ3) is 3.39. The van der Waals surface area contributed by atoms with Crippen molar-refractivity contribution in [2.75, 3.05) is 20.2 Å². The summed E-state index contributed by atoms with van der Waals surface area (Å²) >= 11 is 0. The van der Waals surface area contributed by atoms with E-state index in [1.807, 2.05) is 54.6 Å². The topological polar surface area (TPSA) is 38.8 Å². The smallest absolute Gasteiger partial charge is 0.410 e. The molecule has 1 heterocycles. The van der Waals surface area contributed by atoms with E-state index in [2.05, 4.69) is 36.4 Å². The number of benzene rings is 3. The zero-order valence-corrected chi connectivity index (χ0v) is 15.8. The van der Waals surface area contributed by atoms with E-state index in [9.17, 15) is 4.79 Å². The molecular formula is C24H23NO3. The number of amides is 1. The lowest BCUT2D eigenvalue weighted by Gasteiger charge is -2.36. The Balaban J connectivity index is 1.80. The Morgan fingerprint density at radius 2 is 1.29 bits per heavy atom. The largest absolute Gasteiger partial charge is 0.442 e. The van der Waals surface area contributed by atoms with Crippen LogP contribution >= 0.6 is 0 Å². The van der Waals surface area contributed by atoms with Crippen LogP contribution in [0.2, 0.25) is 0 Å². The van der Waals surface area contributed by atoms with E-state index in [0.29, 0.717) is 13.2 Å². The maximum atomic E-state index is 11.8. The van der Waals surface area contributed by atoms with Gasteiger partial charge in [-0.2, -0.15) is 0 Å². The Morgan fingerprint density at radius 1 is 0.857 bits per heavy atom. The van der Waals surface area contributed by atoms with Crippen molar-refractivity contribution in [2.24, 2.45) is 0 Å². The van der Waals surface area contributed by atoms with Gasteiger partial charge in [0.05, 0.1) is 13.2 Å². The molecule has 1 atom stereocenters. The van der Waals surface area contributed by atoms with Gasteiger partial charge in [0, 0.05) is 7.05 Å². The average Bonchev–Trinajstić information content (AvgIpc) is 3.08. The number of cyclic esters (lactones) is 1. The van der Waals surface area contributed by atoms with Crippen LogP contribution in [0.5, 0.6) is 0 Å². The molecule has 1 fully saturated rings. The van der Waals surface area contributed by atoms with Gasteiger partial charge in [0.15, 0.2) is 0 Å². The molecule has 4 heteroatoms. The highest BCUT2D eigenvalue weighted by molar-refractivity contribution is 5.69. The molecule has 4 rings (SSSR count). The van der Waals surface area contributed by atoms with Crippen molar-refractivity contribution in [1.82, 2.24) is 4.90 Å². The summed E-state index contributed by atoms with van der Waals surface area (Å²) in [5.41, 5.74) is 2.30. The lowest BCUT2D eigenvalue weighted by molar-refractivity contribution is -0.0298. The summed E-state index contributed by atoms with van der Waals surface area (Å²) in [4.78, 5) is 13.3. The Bertz CT molecular complexity index is 816. The van der Waals surface area contributed by atoms with Crippen molar-refractivity contribution >= 4 is 6.09 Å². The molecule has 28 heavy (non-hydrogen) atoms. The molecule has 1 saturated heterocycles. The summed E-state index contributed by atoms with van der Waals surface area (Å²) in [5.74, 6) is 0. The van der Waals surface area contributed by atoms with Crippen LogP contribution in [-0.2, 0) is 15.1 Å². The highest BCUT2D eigenvalue weighted by Crippen LogP contribution is 2.40. The summed E-state index contributed by atoms with van der Waals surface area (Å²) in [6.07, 6.45) is -0.605. The van der Waals surface area contributed by atoms with E-state index in [1.165, 1.54) is 0 Å². The number of likely N-dealkylation sites (N-methyl/N-ethyl adjacent to an activating group) is 1. The van der Waals surface area contributed by atoms with Crippen LogP contribution in [0.4, 0.5) is 4.79 Å². The van der Waals surface area contributed by atoms with Crippen molar-refractivity contribution in [2.45, 2.75) is 11.7 Å². The standard InChI is InChI=1S/C24H23NO3/c1-25-17-22(28-23(25)26)18-27-24(19-11-5-2-6-12-19,20-13-7-3-8-14-20)21-15-9-4-10-16-21/h2-16,22H,17-18H2,1H3. The van der Waals surface area contributed by atoms with Crippen molar-refractivity contribution in [3.05, 3.63) is 108 Å². The minimum atomic E-state index is -0.794. The molecule has 1 unspecified atom stereocenters. The number of ether oxygens (including phenoxy) is 2. The first-order valence-electron chi connectivity index (χ1n) is 9.42. The highest BCUT2D eigenvalue weighted by Gasteiger charge is 2.39. The van der Waals surface area contributed by atoms with Crippen molar-refractivity contribution in [1.29, 1.82) is 0 Å². The van der Waals surface area contributed by atoms with Crippen LogP contribution in [0.1, 0.15) is 16.7 Å². The first-order valence-corrected chi connectivity index (χ1v) is 9.42. The zero-order chi connectivity index (χ0) is 19.4. The van der Waals surface area contributed by atoms with Gasteiger partial charge < -0.3 is 14.4 Å². The van der Waals surface area contributed by atoms with Crippen LogP contribution in [0.15, 0.2) is 91.0 Å². The maximum absolute atomic E-state index is 11.8. The Labute approximate surface area is 165 Å². The fourth-order valence-electron chi connectivity index (χ4n) is 3.72. The average molecular weight is 373 g/mol. The summed E-state index contributed by atoms with van der Waals surface area (Å²) in [7, 11) is 1.74. The Morgan fingerprint density at radius 3 is 1.64 bits per heavy atom. The van der Waals surface area contributed by atoms with Crippen molar-refractivity contribution in [3.8, 4) is 0 Å². The minimum Gasteiger partial charge on any atom is -0.442 e. The molecule has 0 radical (unpaired) electrons. The van der Waals surface area contributed by atoms with Gasteiger partial charge >= 0.3 is 6.09 Å². The normalized spacial score (nSPS) is 16.8. The molecule has 142 valence electrons. The molecular weight excluding hydrogens is 350 g/mol. The molecule has 0 aromatic heterocycles. The van der Waals surface area contributed by atoms with E-state index in [-0.39, 0.29) is 12.2 Å². The van der Waals surface area contributed by atoms with E-state index in [4.69, 9.17) is 9.47 Å². The Kier molecular flexibility index (Phi) is 5.13. The predicted octanol–water partition coefficient (Wildman–Crippen LogP) is 4.45. The molecule has 1 aliphatic rings. The second-order valence-electron chi connectivity index (χ2n) is 6.98. The van der Waals surface area contributed by atoms with Gasteiger partial charge in [-0.1, -0.05) is 91.0 Å². The number of hydrogen-bond acceptors (Lipinski definition) is 3. The lowest BCUT2D eigenvalue weighted by Crippen LogP contribution is -2.36. The van der Waals surface area contributed by atoms with Crippen LogP contribution in [0, 0.1) is 0 Å². The van der Waals surface area contributed by atoms with E-state index in [1.54, 1.807) is 11.9 Å². The molecule has 0 aliphatic carbocycles. The summed E-state index contributed by atoms with van der Waals surface area (Å²) in [5, 5.41) is 0. The Hall–Kier alpha value is -3.11. The molecule has 3 aromatic carbocycles. The first kappa shape index (κ1) is 18.3. The number of hydrogen-bond donors (Lipinski definition) is 0. The molecule has 4 nitrogen and oxygen atoms in total. The van der Waals surface area contributed by atoms with Gasteiger partial charge in [0.25, 0.3) is 0 Å². The maximum Gasteiger partial charge on any atom is 0.410 e. The molecule has 0 saturated carbocycles. The molecule has 0 N–H and O–H groups in total.